The Kier molecular flexibility index (Phi) is 7.04. The molecular formula is C22H27N3O3S. The summed E-state index contributed by atoms with van der Waals surface area (Å²) in [5, 5.41) is 6.98. The van der Waals surface area contributed by atoms with E-state index in [0.717, 1.165) is 18.4 Å². The van der Waals surface area contributed by atoms with Crippen LogP contribution in [0.15, 0.2) is 41.8 Å². The highest BCUT2D eigenvalue weighted by Crippen LogP contribution is 2.28. The Balaban J connectivity index is 1.47. The van der Waals surface area contributed by atoms with Crippen LogP contribution in [0, 0.1) is 0 Å². The highest BCUT2D eigenvalue weighted by Gasteiger charge is 2.32. The van der Waals surface area contributed by atoms with Crippen LogP contribution in [0.3, 0.4) is 0 Å². The van der Waals surface area contributed by atoms with Gasteiger partial charge < -0.3 is 15.5 Å². The van der Waals surface area contributed by atoms with Crippen molar-refractivity contribution < 1.29 is 14.4 Å². The van der Waals surface area contributed by atoms with Gasteiger partial charge in [0.05, 0.1) is 18.0 Å². The van der Waals surface area contributed by atoms with Gasteiger partial charge in [0.25, 0.3) is 5.91 Å². The highest BCUT2D eigenvalue weighted by molar-refractivity contribution is 7.12. The van der Waals surface area contributed by atoms with Crippen LogP contribution in [0.1, 0.15) is 53.4 Å². The van der Waals surface area contributed by atoms with Gasteiger partial charge >= 0.3 is 0 Å². The predicted octanol–water partition coefficient (Wildman–Crippen LogP) is 2.91. The van der Waals surface area contributed by atoms with E-state index >= 15 is 0 Å². The molecule has 0 atom stereocenters. The molecular weight excluding hydrogens is 386 g/mol. The number of nitrogens with zero attached hydrogens (tertiary/aromatic N) is 1. The van der Waals surface area contributed by atoms with Crippen molar-refractivity contribution in [3.05, 3.63) is 57.8 Å². The zero-order valence-corrected chi connectivity index (χ0v) is 17.6. The standard InChI is InChI=1S/C22H27N3O3S/c1-15(2)17-7-5-16(6-8-17)14-25(18-9-10-18)21(27)13-23-20(26)12-24-22(28)19-4-3-11-29-19/h3-8,11,15,18H,9-10,12-14H2,1-2H3,(H,23,26)(H,24,28). The Morgan fingerprint density at radius 1 is 1.07 bits per heavy atom. The number of amides is 3. The number of carbonyl (C=O) groups excluding carboxylic acids is 3. The fourth-order valence-electron chi connectivity index (χ4n) is 3.01. The molecule has 1 aromatic heterocycles. The van der Waals surface area contributed by atoms with Crippen LogP contribution in [0.25, 0.3) is 0 Å². The average molecular weight is 414 g/mol. The summed E-state index contributed by atoms with van der Waals surface area (Å²) in [6.07, 6.45) is 2.00. The monoisotopic (exact) mass is 413 g/mol. The molecule has 1 heterocycles. The van der Waals surface area contributed by atoms with Crippen molar-refractivity contribution in [3.8, 4) is 0 Å². The zero-order chi connectivity index (χ0) is 20.8. The molecule has 0 unspecified atom stereocenters. The van der Waals surface area contributed by atoms with Gasteiger partial charge in [0, 0.05) is 12.6 Å². The SMILES string of the molecule is CC(C)c1ccc(CN(C(=O)CNC(=O)CNC(=O)c2cccs2)C2CC2)cc1. The van der Waals surface area contributed by atoms with Crippen LogP contribution in [-0.4, -0.2) is 41.8 Å². The van der Waals surface area contributed by atoms with Crippen molar-refractivity contribution in [2.75, 3.05) is 13.1 Å². The normalized spacial score (nSPS) is 13.2. The minimum absolute atomic E-state index is 0.0612. The lowest BCUT2D eigenvalue weighted by Gasteiger charge is -2.23. The lowest BCUT2D eigenvalue weighted by molar-refractivity contribution is -0.133. The third-order valence-electron chi connectivity index (χ3n) is 4.90. The molecule has 0 spiro atoms. The molecule has 1 aromatic carbocycles. The molecule has 0 radical (unpaired) electrons. The van der Waals surface area contributed by atoms with Gasteiger partial charge in [-0.25, -0.2) is 0 Å². The fourth-order valence-corrected chi connectivity index (χ4v) is 3.65. The first kappa shape index (κ1) is 21.0. The smallest absolute Gasteiger partial charge is 0.261 e. The zero-order valence-electron chi connectivity index (χ0n) is 16.8. The van der Waals surface area contributed by atoms with Gasteiger partial charge in [-0.3, -0.25) is 14.4 Å². The fraction of sp³-hybridized carbons (Fsp3) is 0.409. The van der Waals surface area contributed by atoms with E-state index in [1.807, 2.05) is 4.90 Å². The van der Waals surface area contributed by atoms with E-state index in [9.17, 15) is 14.4 Å². The minimum Gasteiger partial charge on any atom is -0.345 e. The quantitative estimate of drug-likeness (QED) is 0.663. The minimum atomic E-state index is -0.375. The Morgan fingerprint density at radius 2 is 1.79 bits per heavy atom. The maximum atomic E-state index is 12.7. The molecule has 29 heavy (non-hydrogen) atoms. The van der Waals surface area contributed by atoms with Crippen LogP contribution in [0.5, 0.6) is 0 Å². The first-order valence-electron chi connectivity index (χ1n) is 9.90. The molecule has 1 aliphatic carbocycles. The summed E-state index contributed by atoms with van der Waals surface area (Å²) in [6, 6.07) is 12.1. The van der Waals surface area contributed by atoms with Gasteiger partial charge in [0.15, 0.2) is 0 Å². The van der Waals surface area contributed by atoms with Crippen molar-refractivity contribution in [1.29, 1.82) is 0 Å². The van der Waals surface area contributed by atoms with Crippen LogP contribution in [0.4, 0.5) is 0 Å². The Labute approximate surface area is 175 Å². The molecule has 6 nitrogen and oxygen atoms in total. The van der Waals surface area contributed by atoms with E-state index in [-0.39, 0.29) is 36.9 Å². The molecule has 1 saturated carbocycles. The molecule has 2 aromatic rings. The molecule has 154 valence electrons. The Hall–Kier alpha value is -2.67. The van der Waals surface area contributed by atoms with E-state index in [4.69, 9.17) is 0 Å². The second-order valence-electron chi connectivity index (χ2n) is 7.59. The van der Waals surface area contributed by atoms with E-state index in [2.05, 4.69) is 48.7 Å². The lowest BCUT2D eigenvalue weighted by Crippen LogP contribution is -2.44. The Bertz CT molecular complexity index is 843. The second kappa shape index (κ2) is 9.69. The van der Waals surface area contributed by atoms with E-state index < -0.39 is 0 Å². The molecule has 0 aliphatic heterocycles. The number of rotatable bonds is 9. The third-order valence-corrected chi connectivity index (χ3v) is 5.77. The summed E-state index contributed by atoms with van der Waals surface area (Å²) in [7, 11) is 0. The van der Waals surface area contributed by atoms with Gasteiger partial charge in [-0.05, 0) is 41.3 Å². The molecule has 1 fully saturated rings. The third kappa shape index (κ3) is 6.15. The molecule has 2 N–H and O–H groups in total. The van der Waals surface area contributed by atoms with E-state index in [0.29, 0.717) is 17.3 Å². The van der Waals surface area contributed by atoms with Gasteiger partial charge in [0.1, 0.15) is 0 Å². The number of benzene rings is 1. The topological polar surface area (TPSA) is 78.5 Å². The number of nitrogens with one attached hydrogen (secondary N) is 2. The predicted molar refractivity (Wildman–Crippen MR) is 114 cm³/mol. The molecule has 0 saturated heterocycles. The summed E-state index contributed by atoms with van der Waals surface area (Å²) in [4.78, 5) is 38.9. The van der Waals surface area contributed by atoms with Crippen LogP contribution < -0.4 is 10.6 Å². The maximum Gasteiger partial charge on any atom is 0.261 e. The molecule has 3 rings (SSSR count). The van der Waals surface area contributed by atoms with Gasteiger partial charge in [-0.1, -0.05) is 44.2 Å². The maximum absolute atomic E-state index is 12.7. The van der Waals surface area contributed by atoms with Crippen LogP contribution >= 0.6 is 11.3 Å². The highest BCUT2D eigenvalue weighted by atomic mass is 32.1. The van der Waals surface area contributed by atoms with Gasteiger partial charge in [-0.2, -0.15) is 0 Å². The Morgan fingerprint density at radius 3 is 2.38 bits per heavy atom. The first-order valence-corrected chi connectivity index (χ1v) is 10.8. The summed E-state index contributed by atoms with van der Waals surface area (Å²) >= 11 is 1.31. The van der Waals surface area contributed by atoms with E-state index in [1.165, 1.54) is 16.9 Å². The van der Waals surface area contributed by atoms with Crippen molar-refractivity contribution in [3.63, 3.8) is 0 Å². The van der Waals surface area contributed by atoms with Crippen molar-refractivity contribution in [2.24, 2.45) is 0 Å². The largest absolute Gasteiger partial charge is 0.345 e. The summed E-state index contributed by atoms with van der Waals surface area (Å²) in [5.41, 5.74) is 2.36. The second-order valence-corrected chi connectivity index (χ2v) is 8.53. The molecule has 0 bridgehead atoms. The van der Waals surface area contributed by atoms with Crippen molar-refractivity contribution in [1.82, 2.24) is 15.5 Å². The van der Waals surface area contributed by atoms with E-state index in [1.54, 1.807) is 17.5 Å². The molecule has 3 amide bonds. The first-order chi connectivity index (χ1) is 13.9. The number of hydrogen-bond acceptors (Lipinski definition) is 4. The van der Waals surface area contributed by atoms with Crippen molar-refractivity contribution in [2.45, 2.75) is 45.2 Å². The van der Waals surface area contributed by atoms with Gasteiger partial charge in [-0.15, -0.1) is 11.3 Å². The number of thiophene rings is 1. The van der Waals surface area contributed by atoms with Crippen LogP contribution in [0.2, 0.25) is 0 Å². The number of carbonyl (C=O) groups is 3. The summed E-state index contributed by atoms with van der Waals surface area (Å²) in [6.45, 7) is 4.65. The van der Waals surface area contributed by atoms with Gasteiger partial charge in [0.2, 0.25) is 11.8 Å². The summed E-state index contributed by atoms with van der Waals surface area (Å²) in [5.74, 6) is -0.287. The lowest BCUT2D eigenvalue weighted by atomic mass is 10.0. The van der Waals surface area contributed by atoms with Crippen LogP contribution in [-0.2, 0) is 16.1 Å². The summed E-state index contributed by atoms with van der Waals surface area (Å²) < 4.78 is 0. The van der Waals surface area contributed by atoms with Crippen molar-refractivity contribution >= 4 is 29.1 Å². The molecule has 7 heteroatoms. The average Bonchev–Trinajstić information content (AvgIpc) is 3.41. The molecule has 1 aliphatic rings. The number of hydrogen-bond donors (Lipinski definition) is 2.